The molecule has 3 rings (SSSR count). The normalized spacial score (nSPS) is 11.2. The molecule has 5 heteroatoms. The Hall–Kier alpha value is -1.84. The molecule has 100 valence electrons. The van der Waals surface area contributed by atoms with Crippen LogP contribution in [0, 0.1) is 0 Å². The molecule has 0 radical (unpaired) electrons. The van der Waals surface area contributed by atoms with Gasteiger partial charge in [0.25, 0.3) is 10.5 Å². The molecular formula is C15H9Cl2NO2. The summed E-state index contributed by atoms with van der Waals surface area (Å²) in [7, 11) is 1.93. The van der Waals surface area contributed by atoms with Crippen LogP contribution in [0.3, 0.4) is 0 Å². The van der Waals surface area contributed by atoms with Crippen molar-refractivity contribution < 1.29 is 9.59 Å². The van der Waals surface area contributed by atoms with Crippen LogP contribution < -0.4 is 0 Å². The molecule has 0 atom stereocenters. The summed E-state index contributed by atoms with van der Waals surface area (Å²) in [4.78, 5) is 22.6. The van der Waals surface area contributed by atoms with Gasteiger partial charge in [0, 0.05) is 40.0 Å². The van der Waals surface area contributed by atoms with Crippen molar-refractivity contribution in [3.05, 3.63) is 47.5 Å². The lowest BCUT2D eigenvalue weighted by Gasteiger charge is -1.98. The van der Waals surface area contributed by atoms with Gasteiger partial charge in [-0.15, -0.1) is 0 Å². The van der Waals surface area contributed by atoms with Gasteiger partial charge in [-0.05, 0) is 59.6 Å². The van der Waals surface area contributed by atoms with E-state index in [1.807, 2.05) is 23.7 Å². The first-order valence-corrected chi connectivity index (χ1v) is 6.66. The fourth-order valence-electron chi connectivity index (χ4n) is 2.46. The molecule has 0 fully saturated rings. The number of benzene rings is 2. The van der Waals surface area contributed by atoms with Gasteiger partial charge in [-0.1, -0.05) is 0 Å². The zero-order valence-corrected chi connectivity index (χ0v) is 12.0. The Morgan fingerprint density at radius 3 is 1.60 bits per heavy atom. The van der Waals surface area contributed by atoms with Crippen molar-refractivity contribution in [3.63, 3.8) is 0 Å². The first-order chi connectivity index (χ1) is 9.49. The largest absolute Gasteiger partial charge is 0.344 e. The van der Waals surface area contributed by atoms with Crippen molar-refractivity contribution in [3.8, 4) is 0 Å². The van der Waals surface area contributed by atoms with E-state index < -0.39 is 10.5 Å². The minimum atomic E-state index is -0.506. The average molecular weight is 306 g/mol. The number of hydrogen-bond acceptors (Lipinski definition) is 2. The van der Waals surface area contributed by atoms with Gasteiger partial charge in [0.1, 0.15) is 0 Å². The van der Waals surface area contributed by atoms with Gasteiger partial charge in [-0.3, -0.25) is 9.59 Å². The Kier molecular flexibility index (Phi) is 3.04. The van der Waals surface area contributed by atoms with E-state index in [9.17, 15) is 9.59 Å². The van der Waals surface area contributed by atoms with Crippen molar-refractivity contribution in [2.24, 2.45) is 7.05 Å². The van der Waals surface area contributed by atoms with Crippen LogP contribution in [0.2, 0.25) is 0 Å². The second kappa shape index (κ2) is 4.62. The second-order valence-electron chi connectivity index (χ2n) is 4.57. The van der Waals surface area contributed by atoms with Gasteiger partial charge in [-0.2, -0.15) is 0 Å². The molecular weight excluding hydrogens is 297 g/mol. The lowest BCUT2D eigenvalue weighted by atomic mass is 10.1. The molecule has 2 aromatic carbocycles. The summed E-state index contributed by atoms with van der Waals surface area (Å²) in [5.74, 6) is 0. The molecule has 0 saturated heterocycles. The smallest absolute Gasteiger partial charge is 0.252 e. The van der Waals surface area contributed by atoms with E-state index in [1.165, 1.54) is 0 Å². The van der Waals surface area contributed by atoms with E-state index in [-0.39, 0.29) is 0 Å². The predicted molar refractivity (Wildman–Crippen MR) is 80.8 cm³/mol. The molecule has 0 bridgehead atoms. The molecule has 3 nitrogen and oxygen atoms in total. The van der Waals surface area contributed by atoms with Crippen molar-refractivity contribution in [1.82, 2.24) is 4.57 Å². The number of aromatic nitrogens is 1. The molecule has 0 amide bonds. The third-order valence-corrected chi connectivity index (χ3v) is 3.90. The summed E-state index contributed by atoms with van der Waals surface area (Å²) < 4.78 is 2.00. The number of carbonyl (C=O) groups is 2. The quantitative estimate of drug-likeness (QED) is 0.669. The van der Waals surface area contributed by atoms with E-state index in [2.05, 4.69) is 0 Å². The Morgan fingerprint density at radius 2 is 1.25 bits per heavy atom. The summed E-state index contributed by atoms with van der Waals surface area (Å²) in [5, 5.41) is 0.726. The highest BCUT2D eigenvalue weighted by atomic mass is 35.5. The molecule has 3 aromatic rings. The minimum Gasteiger partial charge on any atom is -0.344 e. The fourth-order valence-corrected chi connectivity index (χ4v) is 2.70. The number of aryl methyl sites for hydroxylation is 1. The van der Waals surface area contributed by atoms with Gasteiger partial charge < -0.3 is 4.57 Å². The van der Waals surface area contributed by atoms with Crippen LogP contribution in [0.25, 0.3) is 21.8 Å². The van der Waals surface area contributed by atoms with Gasteiger partial charge in [0.05, 0.1) is 0 Å². The van der Waals surface area contributed by atoms with Gasteiger partial charge >= 0.3 is 0 Å². The topological polar surface area (TPSA) is 39.1 Å². The van der Waals surface area contributed by atoms with Gasteiger partial charge in [0.15, 0.2) is 0 Å². The molecule has 0 N–H and O–H groups in total. The molecule has 0 aliphatic rings. The summed E-state index contributed by atoms with van der Waals surface area (Å²) in [6.07, 6.45) is 0. The number of halogens is 2. The lowest BCUT2D eigenvalue weighted by Crippen LogP contribution is -1.90. The van der Waals surface area contributed by atoms with E-state index >= 15 is 0 Å². The summed E-state index contributed by atoms with van der Waals surface area (Å²) in [6.45, 7) is 0. The maximum atomic E-state index is 11.3. The van der Waals surface area contributed by atoms with Crippen LogP contribution >= 0.6 is 23.2 Å². The molecule has 1 heterocycles. The van der Waals surface area contributed by atoms with Crippen LogP contribution in [-0.2, 0) is 7.05 Å². The fraction of sp³-hybridized carbons (Fsp3) is 0.0667. The van der Waals surface area contributed by atoms with Crippen LogP contribution in [0.5, 0.6) is 0 Å². The van der Waals surface area contributed by atoms with E-state index in [4.69, 9.17) is 23.2 Å². The molecule has 0 aliphatic carbocycles. The van der Waals surface area contributed by atoms with E-state index in [0.29, 0.717) is 11.1 Å². The maximum Gasteiger partial charge on any atom is 0.252 e. The number of hydrogen-bond donors (Lipinski definition) is 0. The molecule has 0 unspecified atom stereocenters. The van der Waals surface area contributed by atoms with Crippen molar-refractivity contribution in [2.45, 2.75) is 0 Å². The zero-order valence-electron chi connectivity index (χ0n) is 10.5. The van der Waals surface area contributed by atoms with E-state index in [0.717, 1.165) is 21.8 Å². The summed E-state index contributed by atoms with van der Waals surface area (Å²) in [6, 6.07) is 10.5. The van der Waals surface area contributed by atoms with Crippen molar-refractivity contribution in [2.75, 3.05) is 0 Å². The Morgan fingerprint density at radius 1 is 0.850 bits per heavy atom. The number of nitrogens with zero attached hydrogens (tertiary/aromatic N) is 1. The highest BCUT2D eigenvalue weighted by molar-refractivity contribution is 6.68. The first kappa shape index (κ1) is 13.2. The van der Waals surface area contributed by atoms with Gasteiger partial charge in [-0.25, -0.2) is 0 Å². The number of carbonyl (C=O) groups excluding carboxylic acids is 2. The monoisotopic (exact) mass is 305 g/mol. The zero-order chi connectivity index (χ0) is 14.4. The average Bonchev–Trinajstić information content (AvgIpc) is 2.71. The van der Waals surface area contributed by atoms with Crippen LogP contribution in [0.1, 0.15) is 20.7 Å². The Bertz CT molecular complexity index is 809. The predicted octanol–water partition coefficient (Wildman–Crippen LogP) is 4.09. The first-order valence-electron chi connectivity index (χ1n) is 5.91. The third kappa shape index (κ3) is 1.90. The lowest BCUT2D eigenvalue weighted by molar-refractivity contribution is 0.107. The second-order valence-corrected chi connectivity index (χ2v) is 5.26. The highest BCUT2D eigenvalue weighted by Gasteiger charge is 2.12. The van der Waals surface area contributed by atoms with Crippen LogP contribution in [-0.4, -0.2) is 15.1 Å². The SMILES string of the molecule is Cn1c2ccc(C(=O)Cl)cc2c2cc(C(=O)Cl)ccc21. The maximum absolute atomic E-state index is 11.3. The number of rotatable bonds is 2. The molecule has 0 saturated carbocycles. The van der Waals surface area contributed by atoms with Crippen LogP contribution in [0.4, 0.5) is 0 Å². The number of fused-ring (bicyclic) bond motifs is 3. The molecule has 0 spiro atoms. The Balaban J connectivity index is 2.44. The van der Waals surface area contributed by atoms with Crippen molar-refractivity contribution in [1.29, 1.82) is 0 Å². The van der Waals surface area contributed by atoms with E-state index in [1.54, 1.807) is 24.3 Å². The van der Waals surface area contributed by atoms with Crippen LogP contribution in [0.15, 0.2) is 36.4 Å². The standard InChI is InChI=1S/C15H9Cl2NO2/c1-18-12-4-2-8(14(16)19)6-10(12)11-7-9(15(17)20)3-5-13(11)18/h2-7H,1H3. The molecule has 1 aromatic heterocycles. The summed E-state index contributed by atoms with van der Waals surface area (Å²) in [5.41, 5.74) is 2.77. The molecule has 20 heavy (non-hydrogen) atoms. The highest BCUT2D eigenvalue weighted by Crippen LogP contribution is 2.30. The van der Waals surface area contributed by atoms with Crippen molar-refractivity contribution >= 4 is 55.5 Å². The molecule has 0 aliphatic heterocycles. The summed E-state index contributed by atoms with van der Waals surface area (Å²) >= 11 is 11.0. The third-order valence-electron chi connectivity index (χ3n) is 3.46. The Labute approximate surface area is 124 Å². The minimum absolute atomic E-state index is 0.425. The van der Waals surface area contributed by atoms with Gasteiger partial charge in [0.2, 0.25) is 0 Å².